The number of carbonyl (C=O) groups is 1. The fraction of sp³-hybridized carbons (Fsp3) is 0.900. The molecule has 0 heterocycles. The van der Waals surface area contributed by atoms with Crippen LogP contribution in [0.15, 0.2) is 0 Å². The first-order valence-electron chi connectivity index (χ1n) is 5.37. The van der Waals surface area contributed by atoms with Gasteiger partial charge >= 0.3 is 0 Å². The Balaban J connectivity index is 3.51. The first-order chi connectivity index (χ1) is 7.20. The third-order valence-corrected chi connectivity index (χ3v) is 2.06. The van der Waals surface area contributed by atoms with Gasteiger partial charge in [-0.05, 0) is 19.4 Å². The summed E-state index contributed by atoms with van der Waals surface area (Å²) < 4.78 is 5.09. The molecule has 5 heteroatoms. The molecule has 90 valence electrons. The number of rotatable bonds is 9. The van der Waals surface area contributed by atoms with Crippen LogP contribution in [0.25, 0.3) is 0 Å². The molecule has 1 unspecified atom stereocenters. The van der Waals surface area contributed by atoms with Crippen LogP contribution in [0.1, 0.15) is 19.8 Å². The first-order valence-corrected chi connectivity index (χ1v) is 5.37. The molecule has 15 heavy (non-hydrogen) atoms. The summed E-state index contributed by atoms with van der Waals surface area (Å²) >= 11 is 0. The normalized spacial score (nSPS) is 12.5. The molecular weight excluding hydrogens is 194 g/mol. The summed E-state index contributed by atoms with van der Waals surface area (Å²) in [4.78, 5) is 10.6. The maximum atomic E-state index is 10.6. The molecule has 0 fully saturated rings. The molecule has 0 aromatic carbocycles. The zero-order valence-corrected chi connectivity index (χ0v) is 9.71. The van der Waals surface area contributed by atoms with E-state index in [2.05, 4.69) is 10.6 Å². The van der Waals surface area contributed by atoms with E-state index in [0.29, 0.717) is 25.7 Å². The highest BCUT2D eigenvalue weighted by Gasteiger charge is 2.06. The van der Waals surface area contributed by atoms with Crippen LogP contribution in [0.4, 0.5) is 0 Å². The number of amides is 1. The maximum Gasteiger partial charge on any atom is 0.216 e. The summed E-state index contributed by atoms with van der Waals surface area (Å²) in [6.07, 6.45) is 1.99. The Hall–Kier alpha value is -0.650. The average molecular weight is 217 g/mol. The Bertz CT molecular complexity index is 165. The van der Waals surface area contributed by atoms with E-state index in [0.717, 1.165) is 19.4 Å². The Kier molecular flexibility index (Phi) is 9.46. The van der Waals surface area contributed by atoms with E-state index in [9.17, 15) is 4.79 Å². The quantitative estimate of drug-likeness (QED) is 0.454. The number of nitrogens with two attached hydrogens (primary N) is 1. The second-order valence-corrected chi connectivity index (χ2v) is 3.52. The van der Waals surface area contributed by atoms with E-state index in [1.165, 1.54) is 6.92 Å². The molecule has 0 aromatic heterocycles. The maximum absolute atomic E-state index is 10.6. The smallest absolute Gasteiger partial charge is 0.216 e. The molecule has 0 spiro atoms. The van der Waals surface area contributed by atoms with E-state index in [1.807, 2.05) is 0 Å². The van der Waals surface area contributed by atoms with Crippen molar-refractivity contribution in [3.05, 3.63) is 0 Å². The molecule has 0 aliphatic carbocycles. The van der Waals surface area contributed by atoms with Crippen molar-refractivity contribution in [3.8, 4) is 0 Å². The SMILES string of the molecule is COCC(CCCN)NCCNC(C)=O. The van der Waals surface area contributed by atoms with Crippen LogP contribution in [-0.4, -0.2) is 45.3 Å². The van der Waals surface area contributed by atoms with Gasteiger partial charge in [0.2, 0.25) is 5.91 Å². The predicted molar refractivity (Wildman–Crippen MR) is 60.6 cm³/mol. The zero-order valence-electron chi connectivity index (χ0n) is 9.71. The van der Waals surface area contributed by atoms with Crippen molar-refractivity contribution in [2.24, 2.45) is 5.73 Å². The summed E-state index contributed by atoms with van der Waals surface area (Å²) in [5.74, 6) is 0.00190. The Morgan fingerprint density at radius 1 is 1.47 bits per heavy atom. The summed E-state index contributed by atoms with van der Waals surface area (Å²) in [7, 11) is 1.69. The Labute approximate surface area is 91.7 Å². The summed E-state index contributed by atoms with van der Waals surface area (Å²) in [6, 6.07) is 0.326. The minimum absolute atomic E-state index is 0.00190. The molecule has 0 aromatic rings. The summed E-state index contributed by atoms with van der Waals surface area (Å²) in [5.41, 5.74) is 5.44. The second-order valence-electron chi connectivity index (χ2n) is 3.52. The van der Waals surface area contributed by atoms with Gasteiger partial charge in [-0.3, -0.25) is 4.79 Å². The topological polar surface area (TPSA) is 76.4 Å². The molecule has 4 N–H and O–H groups in total. The number of nitrogens with one attached hydrogen (secondary N) is 2. The molecule has 1 atom stereocenters. The average Bonchev–Trinajstić information content (AvgIpc) is 2.20. The molecule has 0 saturated heterocycles. The van der Waals surface area contributed by atoms with Crippen LogP contribution in [0, 0.1) is 0 Å². The highest BCUT2D eigenvalue weighted by Crippen LogP contribution is 1.95. The second kappa shape index (κ2) is 9.89. The molecular formula is C10H23N3O2. The van der Waals surface area contributed by atoms with E-state index >= 15 is 0 Å². The molecule has 5 nitrogen and oxygen atoms in total. The number of hydrogen-bond acceptors (Lipinski definition) is 4. The highest BCUT2D eigenvalue weighted by atomic mass is 16.5. The monoisotopic (exact) mass is 217 g/mol. The van der Waals surface area contributed by atoms with Gasteiger partial charge in [-0.15, -0.1) is 0 Å². The molecule has 0 radical (unpaired) electrons. The van der Waals surface area contributed by atoms with Gasteiger partial charge in [0.25, 0.3) is 0 Å². The van der Waals surface area contributed by atoms with E-state index in [4.69, 9.17) is 10.5 Å². The van der Waals surface area contributed by atoms with Gasteiger partial charge in [0, 0.05) is 33.2 Å². The van der Waals surface area contributed by atoms with Crippen molar-refractivity contribution in [1.29, 1.82) is 0 Å². The lowest BCUT2D eigenvalue weighted by Crippen LogP contribution is -2.39. The van der Waals surface area contributed by atoms with Crippen LogP contribution in [0.3, 0.4) is 0 Å². The standard InChI is InChI=1S/C10H23N3O2/c1-9(14)12-6-7-13-10(8-15-2)4-3-5-11/h10,13H,3-8,11H2,1-2H3,(H,12,14). The van der Waals surface area contributed by atoms with Crippen molar-refractivity contribution in [2.45, 2.75) is 25.8 Å². The summed E-state index contributed by atoms with van der Waals surface area (Å²) in [6.45, 7) is 4.31. The van der Waals surface area contributed by atoms with Gasteiger partial charge in [0.1, 0.15) is 0 Å². The third kappa shape index (κ3) is 9.65. The minimum atomic E-state index is 0.00190. The number of ether oxygens (including phenoxy) is 1. The number of methoxy groups -OCH3 is 1. The fourth-order valence-electron chi connectivity index (χ4n) is 1.32. The van der Waals surface area contributed by atoms with Gasteiger partial charge in [-0.1, -0.05) is 0 Å². The lowest BCUT2D eigenvalue weighted by Gasteiger charge is -2.17. The van der Waals surface area contributed by atoms with Crippen molar-refractivity contribution < 1.29 is 9.53 Å². The largest absolute Gasteiger partial charge is 0.383 e. The lowest BCUT2D eigenvalue weighted by atomic mass is 10.1. The van der Waals surface area contributed by atoms with Gasteiger partial charge in [-0.25, -0.2) is 0 Å². The van der Waals surface area contributed by atoms with Gasteiger partial charge in [-0.2, -0.15) is 0 Å². The van der Waals surface area contributed by atoms with Crippen molar-refractivity contribution >= 4 is 5.91 Å². The predicted octanol–water partition coefficient (Wildman–Crippen LogP) is -0.534. The van der Waals surface area contributed by atoms with E-state index in [-0.39, 0.29) is 5.91 Å². The zero-order chi connectivity index (χ0) is 11.5. The number of carbonyl (C=O) groups excluding carboxylic acids is 1. The van der Waals surface area contributed by atoms with Crippen molar-refractivity contribution in [3.63, 3.8) is 0 Å². The van der Waals surface area contributed by atoms with Gasteiger partial charge in [0.15, 0.2) is 0 Å². The molecule has 0 bridgehead atoms. The third-order valence-electron chi connectivity index (χ3n) is 2.06. The van der Waals surface area contributed by atoms with Gasteiger partial charge < -0.3 is 21.1 Å². The first kappa shape index (κ1) is 14.3. The van der Waals surface area contributed by atoms with Crippen molar-refractivity contribution in [2.75, 3.05) is 33.4 Å². The van der Waals surface area contributed by atoms with Crippen LogP contribution >= 0.6 is 0 Å². The fourth-order valence-corrected chi connectivity index (χ4v) is 1.32. The van der Waals surface area contributed by atoms with Crippen LogP contribution < -0.4 is 16.4 Å². The van der Waals surface area contributed by atoms with E-state index < -0.39 is 0 Å². The highest BCUT2D eigenvalue weighted by molar-refractivity contribution is 5.72. The Morgan fingerprint density at radius 3 is 2.73 bits per heavy atom. The molecule has 0 saturated carbocycles. The van der Waals surface area contributed by atoms with Gasteiger partial charge in [0.05, 0.1) is 6.61 Å². The Morgan fingerprint density at radius 2 is 2.20 bits per heavy atom. The lowest BCUT2D eigenvalue weighted by molar-refractivity contribution is -0.118. The molecule has 0 aliphatic rings. The minimum Gasteiger partial charge on any atom is -0.383 e. The molecule has 0 rings (SSSR count). The van der Waals surface area contributed by atoms with Crippen LogP contribution in [0.5, 0.6) is 0 Å². The van der Waals surface area contributed by atoms with E-state index in [1.54, 1.807) is 7.11 Å². The van der Waals surface area contributed by atoms with Crippen LogP contribution in [0.2, 0.25) is 0 Å². The summed E-state index contributed by atoms with van der Waals surface area (Å²) in [5, 5.41) is 6.05. The number of hydrogen-bond donors (Lipinski definition) is 3. The van der Waals surface area contributed by atoms with Crippen molar-refractivity contribution in [1.82, 2.24) is 10.6 Å². The molecule has 0 aliphatic heterocycles. The molecule has 1 amide bonds. The van der Waals surface area contributed by atoms with Crippen LogP contribution in [-0.2, 0) is 9.53 Å².